The first kappa shape index (κ1) is 17.0. The van der Waals surface area contributed by atoms with E-state index in [4.69, 9.17) is 4.98 Å². The van der Waals surface area contributed by atoms with Crippen LogP contribution in [0.4, 0.5) is 0 Å². The predicted octanol–water partition coefficient (Wildman–Crippen LogP) is 4.13. The second-order valence-electron chi connectivity index (χ2n) is 7.29. The molecule has 1 aliphatic carbocycles. The highest BCUT2D eigenvalue weighted by Crippen LogP contribution is 2.35. The molecule has 26 heavy (non-hydrogen) atoms. The van der Waals surface area contributed by atoms with Gasteiger partial charge in [0.25, 0.3) is 0 Å². The summed E-state index contributed by atoms with van der Waals surface area (Å²) >= 11 is 0. The fourth-order valence-corrected chi connectivity index (χ4v) is 4.03. The van der Waals surface area contributed by atoms with E-state index in [0.717, 1.165) is 54.9 Å². The van der Waals surface area contributed by atoms with Gasteiger partial charge in [0.1, 0.15) is 0 Å². The average Bonchev–Trinajstić information content (AvgIpc) is 3.28. The molecule has 1 aromatic carbocycles. The number of aliphatic hydroxyl groups is 1. The topological polar surface area (TPSA) is 55.9 Å². The van der Waals surface area contributed by atoms with Gasteiger partial charge in [0, 0.05) is 12.1 Å². The molecule has 0 amide bonds. The SMILES string of the molecule is CCn1cncc1-c1c(-c2ccccc2)ncn1CC1(O)CCCCC1. The number of aromatic nitrogens is 4. The third kappa shape index (κ3) is 3.19. The molecule has 0 bridgehead atoms. The van der Waals surface area contributed by atoms with E-state index in [1.54, 1.807) is 0 Å². The summed E-state index contributed by atoms with van der Waals surface area (Å²) in [5, 5.41) is 11.1. The van der Waals surface area contributed by atoms with Gasteiger partial charge in [-0.3, -0.25) is 0 Å². The highest BCUT2D eigenvalue weighted by Gasteiger charge is 2.31. The summed E-state index contributed by atoms with van der Waals surface area (Å²) in [5.41, 5.74) is 3.47. The molecule has 4 rings (SSSR count). The molecule has 2 heterocycles. The monoisotopic (exact) mass is 350 g/mol. The van der Waals surface area contributed by atoms with Crippen molar-refractivity contribution in [2.45, 2.75) is 57.7 Å². The molecule has 0 saturated heterocycles. The first-order valence-corrected chi connectivity index (χ1v) is 9.54. The highest BCUT2D eigenvalue weighted by molar-refractivity contribution is 5.76. The van der Waals surface area contributed by atoms with Crippen LogP contribution in [0.15, 0.2) is 49.2 Å². The van der Waals surface area contributed by atoms with E-state index in [9.17, 15) is 5.11 Å². The summed E-state index contributed by atoms with van der Waals surface area (Å²) in [5.74, 6) is 0. The van der Waals surface area contributed by atoms with Crippen LogP contribution in [0.25, 0.3) is 22.6 Å². The molecule has 1 fully saturated rings. The second kappa shape index (κ2) is 7.08. The van der Waals surface area contributed by atoms with E-state index < -0.39 is 5.60 Å². The Hall–Kier alpha value is -2.40. The van der Waals surface area contributed by atoms with E-state index in [0.29, 0.717) is 6.54 Å². The van der Waals surface area contributed by atoms with Crippen molar-refractivity contribution >= 4 is 0 Å². The lowest BCUT2D eigenvalue weighted by atomic mass is 9.85. The second-order valence-corrected chi connectivity index (χ2v) is 7.29. The molecule has 2 aromatic heterocycles. The van der Waals surface area contributed by atoms with Crippen molar-refractivity contribution in [1.82, 2.24) is 19.1 Å². The van der Waals surface area contributed by atoms with Gasteiger partial charge in [-0.15, -0.1) is 0 Å². The Bertz CT molecular complexity index is 859. The van der Waals surface area contributed by atoms with Gasteiger partial charge < -0.3 is 14.2 Å². The van der Waals surface area contributed by atoms with E-state index >= 15 is 0 Å². The molecule has 0 atom stereocenters. The van der Waals surface area contributed by atoms with Crippen LogP contribution < -0.4 is 0 Å². The number of hydrogen-bond donors (Lipinski definition) is 1. The van der Waals surface area contributed by atoms with Gasteiger partial charge in [-0.2, -0.15) is 0 Å². The molecule has 3 aromatic rings. The molecule has 1 saturated carbocycles. The molecule has 1 N–H and O–H groups in total. The van der Waals surface area contributed by atoms with E-state index in [1.165, 1.54) is 6.42 Å². The maximum absolute atomic E-state index is 11.1. The Labute approximate surface area is 154 Å². The first-order valence-electron chi connectivity index (χ1n) is 9.54. The quantitative estimate of drug-likeness (QED) is 0.753. The molecular formula is C21H26N4O. The molecule has 0 spiro atoms. The van der Waals surface area contributed by atoms with Crippen molar-refractivity contribution in [3.05, 3.63) is 49.2 Å². The molecule has 0 radical (unpaired) electrons. The van der Waals surface area contributed by atoms with Crippen LogP contribution in [0.3, 0.4) is 0 Å². The van der Waals surface area contributed by atoms with Crippen molar-refractivity contribution in [3.63, 3.8) is 0 Å². The number of rotatable bonds is 5. The van der Waals surface area contributed by atoms with Crippen LogP contribution in [-0.4, -0.2) is 29.8 Å². The van der Waals surface area contributed by atoms with Gasteiger partial charge in [0.2, 0.25) is 0 Å². The molecule has 0 unspecified atom stereocenters. The molecule has 1 aliphatic rings. The smallest absolute Gasteiger partial charge is 0.0979 e. The summed E-state index contributed by atoms with van der Waals surface area (Å²) in [6, 6.07) is 10.2. The fraction of sp³-hybridized carbons (Fsp3) is 0.429. The van der Waals surface area contributed by atoms with E-state index in [1.807, 2.05) is 37.1 Å². The van der Waals surface area contributed by atoms with Crippen LogP contribution in [0.1, 0.15) is 39.0 Å². The summed E-state index contributed by atoms with van der Waals surface area (Å²) in [6.07, 6.45) is 10.8. The Morgan fingerprint density at radius 3 is 2.54 bits per heavy atom. The zero-order valence-electron chi connectivity index (χ0n) is 15.3. The van der Waals surface area contributed by atoms with Gasteiger partial charge in [0.05, 0.1) is 48.1 Å². The van der Waals surface area contributed by atoms with Crippen LogP contribution in [0.2, 0.25) is 0 Å². The largest absolute Gasteiger partial charge is 0.388 e. The van der Waals surface area contributed by atoms with E-state index in [-0.39, 0.29) is 0 Å². The number of aryl methyl sites for hydroxylation is 1. The van der Waals surface area contributed by atoms with Gasteiger partial charge in [-0.05, 0) is 19.8 Å². The van der Waals surface area contributed by atoms with Crippen molar-refractivity contribution in [1.29, 1.82) is 0 Å². The van der Waals surface area contributed by atoms with Gasteiger partial charge >= 0.3 is 0 Å². The molecule has 136 valence electrons. The average molecular weight is 350 g/mol. The fourth-order valence-electron chi connectivity index (χ4n) is 4.03. The summed E-state index contributed by atoms with van der Waals surface area (Å²) in [7, 11) is 0. The number of benzene rings is 1. The zero-order valence-corrected chi connectivity index (χ0v) is 15.3. The standard InChI is InChI=1S/C21H26N4O/c1-2-24-15-22-13-18(24)20-19(17-9-5-3-6-10-17)23-16-25(20)14-21(26)11-7-4-8-12-21/h3,5-6,9-10,13,15-16,26H,2,4,7-8,11-12,14H2,1H3. The van der Waals surface area contributed by atoms with Crippen molar-refractivity contribution in [2.24, 2.45) is 0 Å². The minimum Gasteiger partial charge on any atom is -0.388 e. The summed E-state index contributed by atoms with van der Waals surface area (Å²) in [4.78, 5) is 9.07. The predicted molar refractivity (Wildman–Crippen MR) is 103 cm³/mol. The van der Waals surface area contributed by atoms with Crippen LogP contribution in [0.5, 0.6) is 0 Å². The van der Waals surface area contributed by atoms with Gasteiger partial charge in [-0.1, -0.05) is 49.6 Å². The van der Waals surface area contributed by atoms with Gasteiger partial charge in [-0.25, -0.2) is 9.97 Å². The minimum atomic E-state index is -0.640. The van der Waals surface area contributed by atoms with Crippen molar-refractivity contribution in [3.8, 4) is 22.6 Å². The summed E-state index contributed by atoms with van der Waals surface area (Å²) in [6.45, 7) is 3.54. The van der Waals surface area contributed by atoms with Crippen LogP contribution in [0, 0.1) is 0 Å². The van der Waals surface area contributed by atoms with Crippen LogP contribution >= 0.6 is 0 Å². The maximum Gasteiger partial charge on any atom is 0.0979 e. The number of imidazole rings is 2. The molecule has 5 nitrogen and oxygen atoms in total. The van der Waals surface area contributed by atoms with Crippen molar-refractivity contribution in [2.75, 3.05) is 0 Å². The lowest BCUT2D eigenvalue weighted by Crippen LogP contribution is -2.36. The Kier molecular flexibility index (Phi) is 4.64. The first-order chi connectivity index (χ1) is 12.7. The van der Waals surface area contributed by atoms with E-state index in [2.05, 4.69) is 33.2 Å². The Morgan fingerprint density at radius 1 is 1.04 bits per heavy atom. The molecular weight excluding hydrogens is 324 g/mol. The third-order valence-corrected chi connectivity index (χ3v) is 5.43. The minimum absolute atomic E-state index is 0.580. The normalized spacial score (nSPS) is 16.7. The maximum atomic E-state index is 11.1. The molecule has 0 aliphatic heterocycles. The highest BCUT2D eigenvalue weighted by atomic mass is 16.3. The third-order valence-electron chi connectivity index (χ3n) is 5.43. The van der Waals surface area contributed by atoms with Gasteiger partial charge in [0.15, 0.2) is 0 Å². The van der Waals surface area contributed by atoms with Crippen molar-refractivity contribution < 1.29 is 5.11 Å². The number of nitrogens with zero attached hydrogens (tertiary/aromatic N) is 4. The van der Waals surface area contributed by atoms with Crippen LogP contribution in [-0.2, 0) is 13.1 Å². The lowest BCUT2D eigenvalue weighted by Gasteiger charge is -2.32. The Morgan fingerprint density at radius 2 is 1.81 bits per heavy atom. The Balaban J connectivity index is 1.81. The number of hydrogen-bond acceptors (Lipinski definition) is 3. The zero-order chi connectivity index (χ0) is 18.0. The lowest BCUT2D eigenvalue weighted by molar-refractivity contribution is -0.0111. The summed E-state index contributed by atoms with van der Waals surface area (Å²) < 4.78 is 4.25. The molecule has 5 heteroatoms.